The molecule has 2 aromatic carbocycles. The van der Waals surface area contributed by atoms with E-state index >= 15 is 0 Å². The molecule has 1 atom stereocenters. The van der Waals surface area contributed by atoms with Crippen molar-refractivity contribution in [1.29, 1.82) is 0 Å². The average Bonchev–Trinajstić information content (AvgIpc) is 3.63. The summed E-state index contributed by atoms with van der Waals surface area (Å²) >= 11 is 1.34. The molecule has 0 bridgehead atoms. The second kappa shape index (κ2) is 12.1. The minimum atomic E-state index is -0.787. The van der Waals surface area contributed by atoms with Crippen LogP contribution < -0.4 is 15.4 Å². The number of carbonyl (C=O) groups is 2. The van der Waals surface area contributed by atoms with Crippen molar-refractivity contribution in [3.8, 4) is 22.8 Å². The first-order valence-electron chi connectivity index (χ1n) is 12.9. The third kappa shape index (κ3) is 5.74. The fourth-order valence-corrected chi connectivity index (χ4v) is 5.33. The Morgan fingerprint density at radius 2 is 1.90 bits per heavy atom. The van der Waals surface area contributed by atoms with Crippen LogP contribution in [0.2, 0.25) is 0 Å². The van der Waals surface area contributed by atoms with E-state index in [0.717, 1.165) is 22.6 Å². The SMILES string of the molecule is CCOC(=O)C1=C(CSc2nnc(-c3cccc(C)c3)n2-c2ccc(OCC)cc2)NC(=O)NC1c1ccco1. The van der Waals surface area contributed by atoms with E-state index in [4.69, 9.17) is 13.9 Å². The van der Waals surface area contributed by atoms with Gasteiger partial charge < -0.3 is 24.5 Å². The molecule has 0 saturated heterocycles. The molecular weight excluding hydrogens is 530 g/mol. The summed E-state index contributed by atoms with van der Waals surface area (Å²) in [5.41, 5.74) is 3.53. The van der Waals surface area contributed by atoms with Gasteiger partial charge in [-0.05, 0) is 63.2 Å². The summed E-state index contributed by atoms with van der Waals surface area (Å²) < 4.78 is 18.4. The van der Waals surface area contributed by atoms with Crippen molar-refractivity contribution in [3.05, 3.63) is 89.5 Å². The fourth-order valence-electron chi connectivity index (χ4n) is 4.41. The lowest BCUT2D eigenvalue weighted by atomic mass is 10.0. The van der Waals surface area contributed by atoms with Gasteiger partial charge in [0.2, 0.25) is 0 Å². The van der Waals surface area contributed by atoms with E-state index in [9.17, 15) is 9.59 Å². The number of hydrogen-bond acceptors (Lipinski definition) is 8. The summed E-state index contributed by atoms with van der Waals surface area (Å²) in [5, 5.41) is 15.1. The predicted octanol–water partition coefficient (Wildman–Crippen LogP) is 5.20. The number of aromatic nitrogens is 3. The number of aryl methyl sites for hydroxylation is 1. The molecule has 0 saturated carbocycles. The summed E-state index contributed by atoms with van der Waals surface area (Å²) in [6.07, 6.45) is 1.49. The Morgan fingerprint density at radius 3 is 2.60 bits per heavy atom. The monoisotopic (exact) mass is 559 g/mol. The number of carbonyl (C=O) groups excluding carboxylic acids is 2. The van der Waals surface area contributed by atoms with Gasteiger partial charge in [-0.15, -0.1) is 10.2 Å². The maximum atomic E-state index is 13.1. The highest BCUT2D eigenvalue weighted by Gasteiger charge is 2.35. The molecule has 0 spiro atoms. The van der Waals surface area contributed by atoms with Gasteiger partial charge >= 0.3 is 12.0 Å². The van der Waals surface area contributed by atoms with Gasteiger partial charge in [0.05, 0.1) is 25.1 Å². The molecular formula is C29H29N5O5S. The molecule has 0 fully saturated rings. The van der Waals surface area contributed by atoms with E-state index < -0.39 is 18.0 Å². The number of hydrogen-bond donors (Lipinski definition) is 2. The van der Waals surface area contributed by atoms with Gasteiger partial charge in [-0.1, -0.05) is 35.5 Å². The van der Waals surface area contributed by atoms with Crippen molar-refractivity contribution >= 4 is 23.8 Å². The van der Waals surface area contributed by atoms with Gasteiger partial charge in [0, 0.05) is 22.7 Å². The number of urea groups is 1. The Morgan fingerprint density at radius 1 is 1.07 bits per heavy atom. The summed E-state index contributed by atoms with van der Waals surface area (Å²) in [5.74, 6) is 1.54. The van der Waals surface area contributed by atoms with Crippen molar-refractivity contribution in [2.75, 3.05) is 19.0 Å². The molecule has 5 rings (SSSR count). The van der Waals surface area contributed by atoms with Gasteiger partial charge in [-0.25, -0.2) is 9.59 Å². The zero-order valence-corrected chi connectivity index (χ0v) is 23.2. The van der Waals surface area contributed by atoms with E-state index in [0.29, 0.717) is 29.0 Å². The summed E-state index contributed by atoms with van der Waals surface area (Å²) in [4.78, 5) is 25.7. The Hall–Kier alpha value is -4.51. The minimum absolute atomic E-state index is 0.188. The first kappa shape index (κ1) is 27.1. The number of furan rings is 1. The van der Waals surface area contributed by atoms with E-state index in [-0.39, 0.29) is 17.9 Å². The van der Waals surface area contributed by atoms with E-state index in [1.165, 1.54) is 18.0 Å². The Kier molecular flexibility index (Phi) is 8.20. The van der Waals surface area contributed by atoms with Gasteiger partial charge in [-0.2, -0.15) is 0 Å². The number of amides is 2. The largest absolute Gasteiger partial charge is 0.494 e. The first-order chi connectivity index (χ1) is 19.5. The third-order valence-electron chi connectivity index (χ3n) is 6.14. The van der Waals surface area contributed by atoms with Gasteiger partial charge in [0.25, 0.3) is 0 Å². The number of benzene rings is 2. The first-order valence-corrected chi connectivity index (χ1v) is 13.9. The predicted molar refractivity (Wildman–Crippen MR) is 150 cm³/mol. The molecule has 0 radical (unpaired) electrons. The van der Waals surface area contributed by atoms with Crippen LogP contribution in [0.5, 0.6) is 5.75 Å². The molecule has 40 heavy (non-hydrogen) atoms. The fraction of sp³-hybridized carbons (Fsp3) is 0.241. The van der Waals surface area contributed by atoms with Crippen LogP contribution >= 0.6 is 11.8 Å². The zero-order valence-electron chi connectivity index (χ0n) is 22.3. The highest BCUT2D eigenvalue weighted by molar-refractivity contribution is 7.99. The maximum Gasteiger partial charge on any atom is 0.338 e. The summed E-state index contributed by atoms with van der Waals surface area (Å²) in [6, 6.07) is 17.9. The molecule has 1 aliphatic rings. The van der Waals surface area contributed by atoms with Crippen LogP contribution in [0, 0.1) is 6.92 Å². The molecule has 10 nitrogen and oxygen atoms in total. The van der Waals surface area contributed by atoms with Crippen LogP contribution in [-0.4, -0.2) is 45.7 Å². The quantitative estimate of drug-likeness (QED) is 0.201. The normalized spacial score (nSPS) is 15.0. The van der Waals surface area contributed by atoms with Crippen LogP contribution in [0.4, 0.5) is 4.79 Å². The molecule has 2 N–H and O–H groups in total. The third-order valence-corrected chi connectivity index (χ3v) is 7.09. The van der Waals surface area contributed by atoms with Crippen molar-refractivity contribution in [1.82, 2.24) is 25.4 Å². The van der Waals surface area contributed by atoms with Crippen molar-refractivity contribution in [3.63, 3.8) is 0 Å². The number of nitrogens with one attached hydrogen (secondary N) is 2. The summed E-state index contributed by atoms with van der Waals surface area (Å²) in [6.45, 7) is 6.45. The lowest BCUT2D eigenvalue weighted by molar-refractivity contribution is -0.139. The number of rotatable bonds is 10. The second-order valence-electron chi connectivity index (χ2n) is 8.89. The molecule has 2 aromatic heterocycles. The molecule has 206 valence electrons. The Labute approximate surface area is 235 Å². The Bertz CT molecular complexity index is 1530. The Balaban J connectivity index is 1.54. The standard InChI is InChI=1S/C29H29N5O5S/c1-4-37-21-13-11-20(12-14-21)34-26(19-9-6-8-18(3)16-19)32-33-29(34)40-17-22-24(27(35)38-5-2)25(31-28(36)30-22)23-10-7-15-39-23/h6-16,25H,4-5,17H2,1-3H3,(H2,30,31,36). The molecule has 11 heteroatoms. The van der Waals surface area contributed by atoms with Crippen LogP contribution in [0.25, 0.3) is 17.1 Å². The van der Waals surface area contributed by atoms with Gasteiger partial charge in [-0.3, -0.25) is 4.57 Å². The molecule has 0 aliphatic carbocycles. The average molecular weight is 560 g/mol. The maximum absolute atomic E-state index is 13.1. The van der Waals surface area contributed by atoms with Crippen LogP contribution in [-0.2, 0) is 9.53 Å². The zero-order chi connectivity index (χ0) is 28.1. The highest BCUT2D eigenvalue weighted by Crippen LogP contribution is 2.33. The van der Waals surface area contributed by atoms with Crippen molar-refractivity contribution < 1.29 is 23.5 Å². The van der Waals surface area contributed by atoms with Crippen molar-refractivity contribution in [2.45, 2.75) is 32.0 Å². The number of ether oxygens (including phenoxy) is 2. The lowest BCUT2D eigenvalue weighted by Crippen LogP contribution is -2.46. The van der Waals surface area contributed by atoms with Gasteiger partial charge in [0.1, 0.15) is 17.6 Å². The molecule has 1 aliphatic heterocycles. The van der Waals surface area contributed by atoms with E-state index in [1.807, 2.05) is 66.9 Å². The van der Waals surface area contributed by atoms with Gasteiger partial charge in [0.15, 0.2) is 11.0 Å². The number of esters is 1. The number of thioether (sulfide) groups is 1. The smallest absolute Gasteiger partial charge is 0.338 e. The van der Waals surface area contributed by atoms with Crippen LogP contribution in [0.3, 0.4) is 0 Å². The molecule has 1 unspecified atom stereocenters. The van der Waals surface area contributed by atoms with E-state index in [2.05, 4.69) is 20.8 Å². The molecule has 3 heterocycles. The number of nitrogens with zero attached hydrogens (tertiary/aromatic N) is 3. The second-order valence-corrected chi connectivity index (χ2v) is 9.83. The topological polar surface area (TPSA) is 121 Å². The highest BCUT2D eigenvalue weighted by atomic mass is 32.2. The van der Waals surface area contributed by atoms with E-state index in [1.54, 1.807) is 19.1 Å². The minimum Gasteiger partial charge on any atom is -0.494 e. The molecule has 2 amide bonds. The van der Waals surface area contributed by atoms with Crippen molar-refractivity contribution in [2.24, 2.45) is 0 Å². The molecule has 4 aromatic rings. The van der Waals surface area contributed by atoms with Crippen LogP contribution in [0.1, 0.15) is 31.2 Å². The lowest BCUT2D eigenvalue weighted by Gasteiger charge is -2.27. The summed E-state index contributed by atoms with van der Waals surface area (Å²) in [7, 11) is 0. The van der Waals surface area contributed by atoms with Crippen LogP contribution in [0.15, 0.2) is 87.8 Å².